The average molecular weight is 282 g/mol. The molecule has 0 spiro atoms. The second-order valence-electron chi connectivity index (χ2n) is 5.35. The molecule has 0 bridgehead atoms. The first kappa shape index (κ1) is 16.4. The van der Waals surface area contributed by atoms with Gasteiger partial charge in [-0.1, -0.05) is 13.8 Å². The quantitative estimate of drug-likeness (QED) is 0.842. The number of amides is 1. The van der Waals surface area contributed by atoms with Crippen LogP contribution in [0, 0.1) is 11.7 Å². The molecular weight excluding hydrogens is 259 g/mol. The van der Waals surface area contributed by atoms with Gasteiger partial charge in [-0.25, -0.2) is 4.39 Å². The molecule has 1 aromatic carbocycles. The number of rotatable bonds is 6. The summed E-state index contributed by atoms with van der Waals surface area (Å²) in [5.74, 6) is 0.275. The summed E-state index contributed by atoms with van der Waals surface area (Å²) in [5.41, 5.74) is 6.42. The Labute approximate surface area is 119 Å². The number of hydrogen-bond acceptors (Lipinski definition) is 3. The van der Waals surface area contributed by atoms with Crippen LogP contribution in [0.15, 0.2) is 18.2 Å². The molecule has 2 unspecified atom stereocenters. The van der Waals surface area contributed by atoms with Gasteiger partial charge in [-0.3, -0.25) is 4.79 Å². The molecule has 4 nitrogen and oxygen atoms in total. The van der Waals surface area contributed by atoms with Crippen LogP contribution in [0.4, 0.5) is 4.39 Å². The third-order valence-corrected chi connectivity index (χ3v) is 3.08. The maximum absolute atomic E-state index is 13.3. The van der Waals surface area contributed by atoms with E-state index in [2.05, 4.69) is 5.32 Å². The highest BCUT2D eigenvalue weighted by Crippen LogP contribution is 2.25. The Morgan fingerprint density at radius 3 is 2.60 bits per heavy atom. The van der Waals surface area contributed by atoms with Gasteiger partial charge in [-0.05, 0) is 37.5 Å². The molecule has 1 rings (SSSR count). The Balaban J connectivity index is 2.78. The zero-order valence-corrected chi connectivity index (χ0v) is 12.4. The maximum Gasteiger partial charge on any atom is 0.237 e. The lowest BCUT2D eigenvalue weighted by atomic mass is 10.0. The largest absolute Gasteiger partial charge is 0.496 e. The number of carbonyl (C=O) groups excluding carboxylic acids is 1. The van der Waals surface area contributed by atoms with Crippen molar-refractivity contribution in [3.63, 3.8) is 0 Å². The number of ether oxygens (including phenoxy) is 1. The standard InChI is InChI=1S/C15H23FN2O2/c1-9(2)7-13(17)15(19)18-10(3)12-8-11(16)5-6-14(12)20-4/h5-6,8-10,13H,7,17H2,1-4H3,(H,18,19). The van der Waals surface area contributed by atoms with E-state index < -0.39 is 6.04 Å². The highest BCUT2D eigenvalue weighted by Gasteiger charge is 2.19. The molecule has 0 radical (unpaired) electrons. The molecule has 5 heteroatoms. The number of nitrogens with two attached hydrogens (primary N) is 1. The first-order valence-electron chi connectivity index (χ1n) is 6.74. The Bertz CT molecular complexity index is 463. The van der Waals surface area contributed by atoms with Crippen LogP contribution in [0.3, 0.4) is 0 Å². The molecule has 0 heterocycles. The van der Waals surface area contributed by atoms with E-state index in [1.807, 2.05) is 13.8 Å². The predicted octanol–water partition coefficient (Wildman–Crippen LogP) is 2.38. The zero-order chi connectivity index (χ0) is 15.3. The summed E-state index contributed by atoms with van der Waals surface area (Å²) in [6.45, 7) is 5.79. The van der Waals surface area contributed by atoms with E-state index in [9.17, 15) is 9.18 Å². The molecule has 0 aliphatic heterocycles. The van der Waals surface area contributed by atoms with Gasteiger partial charge in [0.1, 0.15) is 11.6 Å². The van der Waals surface area contributed by atoms with Crippen molar-refractivity contribution in [3.8, 4) is 5.75 Å². The lowest BCUT2D eigenvalue weighted by Gasteiger charge is -2.20. The smallest absolute Gasteiger partial charge is 0.237 e. The van der Waals surface area contributed by atoms with Crippen molar-refractivity contribution >= 4 is 5.91 Å². The molecule has 0 aromatic heterocycles. The Morgan fingerprint density at radius 2 is 2.05 bits per heavy atom. The molecule has 0 saturated heterocycles. The van der Waals surface area contributed by atoms with Gasteiger partial charge in [0, 0.05) is 5.56 Å². The zero-order valence-electron chi connectivity index (χ0n) is 12.4. The van der Waals surface area contributed by atoms with Crippen molar-refractivity contribution < 1.29 is 13.9 Å². The Morgan fingerprint density at radius 1 is 1.40 bits per heavy atom. The van der Waals surface area contributed by atoms with Gasteiger partial charge in [0.15, 0.2) is 0 Å². The molecule has 1 amide bonds. The van der Waals surface area contributed by atoms with Gasteiger partial charge in [0.25, 0.3) is 0 Å². The fourth-order valence-electron chi connectivity index (χ4n) is 2.06. The highest BCUT2D eigenvalue weighted by molar-refractivity contribution is 5.81. The SMILES string of the molecule is COc1ccc(F)cc1C(C)NC(=O)C(N)CC(C)C. The van der Waals surface area contributed by atoms with E-state index >= 15 is 0 Å². The monoisotopic (exact) mass is 282 g/mol. The fourth-order valence-corrected chi connectivity index (χ4v) is 2.06. The van der Waals surface area contributed by atoms with Crippen LogP contribution in [0.5, 0.6) is 5.75 Å². The first-order valence-corrected chi connectivity index (χ1v) is 6.74. The van der Waals surface area contributed by atoms with Gasteiger partial charge >= 0.3 is 0 Å². The minimum Gasteiger partial charge on any atom is -0.496 e. The summed E-state index contributed by atoms with van der Waals surface area (Å²) in [4.78, 5) is 12.0. The molecule has 2 atom stereocenters. The van der Waals surface area contributed by atoms with E-state index in [0.717, 1.165) is 0 Å². The van der Waals surface area contributed by atoms with Gasteiger partial charge in [-0.15, -0.1) is 0 Å². The molecule has 0 saturated carbocycles. The number of hydrogen-bond donors (Lipinski definition) is 2. The number of methoxy groups -OCH3 is 1. The molecule has 20 heavy (non-hydrogen) atoms. The second kappa shape index (κ2) is 7.24. The molecule has 112 valence electrons. The topological polar surface area (TPSA) is 64.3 Å². The summed E-state index contributed by atoms with van der Waals surface area (Å²) in [7, 11) is 1.51. The molecule has 1 aromatic rings. The van der Waals surface area contributed by atoms with Gasteiger partial charge in [0.05, 0.1) is 19.2 Å². The molecule has 3 N–H and O–H groups in total. The summed E-state index contributed by atoms with van der Waals surface area (Å²) >= 11 is 0. The van der Waals surface area contributed by atoms with Crippen molar-refractivity contribution in [2.75, 3.05) is 7.11 Å². The summed E-state index contributed by atoms with van der Waals surface area (Å²) in [6.07, 6.45) is 0.610. The number of benzene rings is 1. The van der Waals surface area contributed by atoms with Crippen molar-refractivity contribution in [3.05, 3.63) is 29.6 Å². The van der Waals surface area contributed by atoms with Crippen LogP contribution in [0.25, 0.3) is 0 Å². The number of carbonyl (C=O) groups is 1. The summed E-state index contributed by atoms with van der Waals surface area (Å²) in [5, 5.41) is 2.79. The van der Waals surface area contributed by atoms with Crippen LogP contribution < -0.4 is 15.8 Å². The minimum atomic E-state index is -0.558. The van der Waals surface area contributed by atoms with Crippen molar-refractivity contribution in [1.29, 1.82) is 0 Å². The Hall–Kier alpha value is -1.62. The second-order valence-corrected chi connectivity index (χ2v) is 5.35. The lowest BCUT2D eigenvalue weighted by molar-refractivity contribution is -0.123. The summed E-state index contributed by atoms with van der Waals surface area (Å²) in [6, 6.07) is 3.30. The predicted molar refractivity (Wildman–Crippen MR) is 76.9 cm³/mol. The van der Waals surface area contributed by atoms with E-state index in [4.69, 9.17) is 10.5 Å². The van der Waals surface area contributed by atoms with E-state index in [1.54, 1.807) is 13.0 Å². The van der Waals surface area contributed by atoms with Crippen LogP contribution in [0.2, 0.25) is 0 Å². The van der Waals surface area contributed by atoms with Crippen LogP contribution in [-0.4, -0.2) is 19.1 Å². The van der Waals surface area contributed by atoms with Crippen molar-refractivity contribution in [2.45, 2.75) is 39.3 Å². The van der Waals surface area contributed by atoms with E-state index in [-0.39, 0.29) is 17.8 Å². The third-order valence-electron chi connectivity index (χ3n) is 3.08. The van der Waals surface area contributed by atoms with Crippen LogP contribution in [0.1, 0.15) is 38.8 Å². The third kappa shape index (κ3) is 4.49. The normalized spacial score (nSPS) is 13.9. The molecule has 0 aliphatic carbocycles. The van der Waals surface area contributed by atoms with Gasteiger partial charge < -0.3 is 15.8 Å². The molecular formula is C15H23FN2O2. The maximum atomic E-state index is 13.3. The Kier molecular flexibility index (Phi) is 5.95. The van der Waals surface area contributed by atoms with Gasteiger partial charge in [-0.2, -0.15) is 0 Å². The van der Waals surface area contributed by atoms with E-state index in [0.29, 0.717) is 23.7 Å². The van der Waals surface area contributed by atoms with Gasteiger partial charge in [0.2, 0.25) is 5.91 Å². The average Bonchev–Trinajstić information content (AvgIpc) is 2.37. The highest BCUT2D eigenvalue weighted by atomic mass is 19.1. The molecule has 0 fully saturated rings. The summed E-state index contributed by atoms with van der Waals surface area (Å²) < 4.78 is 18.5. The minimum absolute atomic E-state index is 0.238. The number of nitrogens with one attached hydrogen (secondary N) is 1. The lowest BCUT2D eigenvalue weighted by Crippen LogP contribution is -2.42. The van der Waals surface area contributed by atoms with Crippen molar-refractivity contribution in [1.82, 2.24) is 5.32 Å². The van der Waals surface area contributed by atoms with Crippen LogP contribution >= 0.6 is 0 Å². The molecule has 0 aliphatic rings. The number of halogens is 1. The van der Waals surface area contributed by atoms with Crippen molar-refractivity contribution in [2.24, 2.45) is 11.7 Å². The fraction of sp³-hybridized carbons (Fsp3) is 0.533. The van der Waals surface area contributed by atoms with Crippen LogP contribution in [-0.2, 0) is 4.79 Å². The van der Waals surface area contributed by atoms with E-state index in [1.165, 1.54) is 19.2 Å². The first-order chi connectivity index (χ1) is 9.35.